The molecule has 2 N–H and O–H groups in total. The van der Waals surface area contributed by atoms with Gasteiger partial charge in [0.15, 0.2) is 0 Å². The first kappa shape index (κ1) is 13.3. The SMILES string of the molecule is Cc1nc(CNC(=O)[C@H]2C3C=CC(C3)[C@H]2C(=O)O)cs1. The number of amides is 1. The number of thiazole rings is 1. The minimum atomic E-state index is -0.869. The lowest BCUT2D eigenvalue weighted by molar-refractivity contribution is -0.147. The largest absolute Gasteiger partial charge is 0.481 e. The molecule has 2 bridgehead atoms. The predicted molar refractivity (Wildman–Crippen MR) is 74.1 cm³/mol. The molecule has 0 aliphatic heterocycles. The van der Waals surface area contributed by atoms with Crippen molar-refractivity contribution in [2.45, 2.75) is 19.9 Å². The van der Waals surface area contributed by atoms with Gasteiger partial charge in [-0.1, -0.05) is 12.2 Å². The summed E-state index contributed by atoms with van der Waals surface area (Å²) in [6.07, 6.45) is 4.71. The number of rotatable bonds is 4. The third kappa shape index (κ3) is 2.24. The van der Waals surface area contributed by atoms with Crippen LogP contribution >= 0.6 is 11.3 Å². The number of carboxylic acid groups (broad SMARTS) is 1. The fourth-order valence-electron chi connectivity index (χ4n) is 3.30. The van der Waals surface area contributed by atoms with E-state index in [1.165, 1.54) is 11.3 Å². The van der Waals surface area contributed by atoms with E-state index in [2.05, 4.69) is 10.3 Å². The van der Waals surface area contributed by atoms with Crippen molar-refractivity contribution < 1.29 is 14.7 Å². The van der Waals surface area contributed by atoms with Gasteiger partial charge in [0, 0.05) is 5.38 Å². The molecule has 106 valence electrons. The number of carbonyl (C=O) groups excluding carboxylic acids is 1. The summed E-state index contributed by atoms with van der Waals surface area (Å²) in [6, 6.07) is 0. The average molecular weight is 292 g/mol. The molecule has 1 fully saturated rings. The highest BCUT2D eigenvalue weighted by Crippen LogP contribution is 2.48. The Morgan fingerprint density at radius 3 is 2.70 bits per heavy atom. The number of hydrogen-bond donors (Lipinski definition) is 2. The van der Waals surface area contributed by atoms with Crippen LogP contribution in [0, 0.1) is 30.6 Å². The first-order valence-corrected chi connectivity index (χ1v) is 7.54. The van der Waals surface area contributed by atoms with Crippen molar-refractivity contribution >= 4 is 23.2 Å². The molecule has 1 aromatic heterocycles. The Bertz CT molecular complexity index is 581. The molecule has 1 heterocycles. The molecule has 5 nitrogen and oxygen atoms in total. The van der Waals surface area contributed by atoms with Gasteiger partial charge in [-0.25, -0.2) is 4.98 Å². The Balaban J connectivity index is 1.67. The van der Waals surface area contributed by atoms with Crippen LogP contribution in [-0.2, 0) is 16.1 Å². The molecule has 4 atom stereocenters. The lowest BCUT2D eigenvalue weighted by Crippen LogP contribution is -2.39. The van der Waals surface area contributed by atoms with Crippen LogP contribution < -0.4 is 5.32 Å². The number of carboxylic acids is 1. The summed E-state index contributed by atoms with van der Waals surface area (Å²) in [5.74, 6) is -1.98. The smallest absolute Gasteiger partial charge is 0.307 e. The summed E-state index contributed by atoms with van der Waals surface area (Å²) < 4.78 is 0. The third-order valence-corrected chi connectivity index (χ3v) is 4.98. The number of aliphatic carboxylic acids is 1. The predicted octanol–water partition coefficient (Wildman–Crippen LogP) is 1.59. The summed E-state index contributed by atoms with van der Waals surface area (Å²) in [5.41, 5.74) is 0.825. The van der Waals surface area contributed by atoms with E-state index in [4.69, 9.17) is 0 Å². The van der Waals surface area contributed by atoms with Crippen molar-refractivity contribution in [3.63, 3.8) is 0 Å². The Hall–Kier alpha value is -1.69. The number of aryl methyl sites for hydroxylation is 1. The Kier molecular flexibility index (Phi) is 3.33. The van der Waals surface area contributed by atoms with Gasteiger partial charge in [0.1, 0.15) is 0 Å². The zero-order chi connectivity index (χ0) is 14.3. The van der Waals surface area contributed by atoms with E-state index >= 15 is 0 Å². The molecule has 0 aromatic carbocycles. The molecule has 2 aliphatic carbocycles. The van der Waals surface area contributed by atoms with E-state index in [1.807, 2.05) is 24.5 Å². The first-order chi connectivity index (χ1) is 9.56. The number of aromatic nitrogens is 1. The molecule has 2 aliphatic rings. The van der Waals surface area contributed by atoms with E-state index in [9.17, 15) is 14.7 Å². The number of carbonyl (C=O) groups is 2. The number of nitrogens with one attached hydrogen (secondary N) is 1. The van der Waals surface area contributed by atoms with Crippen molar-refractivity contribution in [3.8, 4) is 0 Å². The van der Waals surface area contributed by atoms with E-state index in [0.29, 0.717) is 6.54 Å². The zero-order valence-corrected chi connectivity index (χ0v) is 11.9. The maximum Gasteiger partial charge on any atom is 0.307 e. The monoisotopic (exact) mass is 292 g/mol. The van der Waals surface area contributed by atoms with Crippen molar-refractivity contribution in [2.75, 3.05) is 0 Å². The van der Waals surface area contributed by atoms with Crippen molar-refractivity contribution in [2.24, 2.45) is 23.7 Å². The van der Waals surface area contributed by atoms with Crippen molar-refractivity contribution in [1.29, 1.82) is 0 Å². The summed E-state index contributed by atoms with van der Waals surface area (Å²) >= 11 is 1.54. The molecule has 0 saturated heterocycles. The van der Waals surface area contributed by atoms with Gasteiger partial charge in [-0.3, -0.25) is 9.59 Å². The zero-order valence-electron chi connectivity index (χ0n) is 11.1. The molecule has 20 heavy (non-hydrogen) atoms. The number of allylic oxidation sites excluding steroid dienone is 2. The van der Waals surface area contributed by atoms with E-state index in [0.717, 1.165) is 17.1 Å². The Labute approximate surface area is 120 Å². The fourth-order valence-corrected chi connectivity index (χ4v) is 3.91. The minimum absolute atomic E-state index is 0.00904. The Morgan fingerprint density at radius 2 is 2.10 bits per heavy atom. The van der Waals surface area contributed by atoms with Gasteiger partial charge >= 0.3 is 5.97 Å². The second-order valence-corrected chi connectivity index (χ2v) is 6.48. The van der Waals surface area contributed by atoms with Crippen LogP contribution in [0.3, 0.4) is 0 Å². The van der Waals surface area contributed by atoms with E-state index < -0.39 is 17.8 Å². The fraction of sp³-hybridized carbons (Fsp3) is 0.500. The quantitative estimate of drug-likeness (QED) is 0.826. The van der Waals surface area contributed by atoms with E-state index in [1.54, 1.807) is 0 Å². The van der Waals surface area contributed by atoms with Crippen LogP contribution in [-0.4, -0.2) is 22.0 Å². The summed E-state index contributed by atoms with van der Waals surface area (Å²) in [7, 11) is 0. The molecule has 6 heteroatoms. The topological polar surface area (TPSA) is 79.3 Å². The van der Waals surface area contributed by atoms with Gasteiger partial charge in [0.25, 0.3) is 0 Å². The number of fused-ring (bicyclic) bond motifs is 2. The van der Waals surface area contributed by atoms with Crippen LogP contribution in [0.25, 0.3) is 0 Å². The maximum absolute atomic E-state index is 12.3. The highest BCUT2D eigenvalue weighted by atomic mass is 32.1. The number of nitrogens with zero attached hydrogens (tertiary/aromatic N) is 1. The minimum Gasteiger partial charge on any atom is -0.481 e. The molecular formula is C14H16N2O3S. The molecule has 1 aromatic rings. The van der Waals surface area contributed by atoms with Crippen LogP contribution in [0.5, 0.6) is 0 Å². The average Bonchev–Trinajstić information content (AvgIpc) is 3.10. The van der Waals surface area contributed by atoms with E-state index in [-0.39, 0.29) is 17.7 Å². The lowest BCUT2D eigenvalue weighted by Gasteiger charge is -2.23. The van der Waals surface area contributed by atoms with Gasteiger partial charge in [-0.15, -0.1) is 11.3 Å². The molecule has 0 radical (unpaired) electrons. The normalized spacial score (nSPS) is 30.6. The third-order valence-electron chi connectivity index (χ3n) is 4.16. The van der Waals surface area contributed by atoms with Crippen LogP contribution in [0.15, 0.2) is 17.5 Å². The highest BCUT2D eigenvalue weighted by molar-refractivity contribution is 7.09. The molecule has 3 rings (SSSR count). The second-order valence-electron chi connectivity index (χ2n) is 5.41. The van der Waals surface area contributed by atoms with Gasteiger partial charge in [-0.05, 0) is 25.2 Å². The Morgan fingerprint density at radius 1 is 1.40 bits per heavy atom. The molecule has 2 unspecified atom stereocenters. The molecular weight excluding hydrogens is 276 g/mol. The van der Waals surface area contributed by atoms with Crippen LogP contribution in [0.1, 0.15) is 17.1 Å². The van der Waals surface area contributed by atoms with Crippen LogP contribution in [0.2, 0.25) is 0 Å². The second kappa shape index (κ2) is 5.01. The van der Waals surface area contributed by atoms with Crippen molar-refractivity contribution in [3.05, 3.63) is 28.2 Å². The molecule has 1 amide bonds. The maximum atomic E-state index is 12.3. The highest BCUT2D eigenvalue weighted by Gasteiger charge is 2.51. The summed E-state index contributed by atoms with van der Waals surface area (Å²) in [5, 5.41) is 15.0. The van der Waals surface area contributed by atoms with Gasteiger partial charge < -0.3 is 10.4 Å². The number of hydrogen-bond acceptors (Lipinski definition) is 4. The standard InChI is InChI=1S/C14H16N2O3S/c1-7-16-10(6-20-7)5-15-13(17)11-8-2-3-9(4-8)12(11)14(18)19/h2-3,6,8-9,11-12H,4-5H2,1H3,(H,15,17)(H,18,19)/t8?,9?,11-,12+/m0/s1. The van der Waals surface area contributed by atoms with Crippen LogP contribution in [0.4, 0.5) is 0 Å². The molecule has 0 spiro atoms. The summed E-state index contributed by atoms with van der Waals surface area (Å²) in [6.45, 7) is 2.28. The first-order valence-electron chi connectivity index (χ1n) is 6.66. The summed E-state index contributed by atoms with van der Waals surface area (Å²) in [4.78, 5) is 27.9. The van der Waals surface area contributed by atoms with Gasteiger partial charge in [0.2, 0.25) is 5.91 Å². The van der Waals surface area contributed by atoms with Gasteiger partial charge in [0.05, 0.1) is 29.1 Å². The molecule has 1 saturated carbocycles. The lowest BCUT2D eigenvalue weighted by atomic mass is 9.82. The van der Waals surface area contributed by atoms with Crippen molar-refractivity contribution in [1.82, 2.24) is 10.3 Å². The van der Waals surface area contributed by atoms with Gasteiger partial charge in [-0.2, -0.15) is 0 Å².